The van der Waals surface area contributed by atoms with E-state index in [1.54, 1.807) is 25.1 Å². The fourth-order valence-corrected chi connectivity index (χ4v) is 3.89. The van der Waals surface area contributed by atoms with Crippen LogP contribution in [-0.4, -0.2) is 50.3 Å². The molecule has 0 aromatic heterocycles. The highest BCUT2D eigenvalue weighted by Gasteiger charge is 2.48. The maximum atomic E-state index is 13.5. The monoisotopic (exact) mass is 441 g/mol. The highest BCUT2D eigenvalue weighted by molar-refractivity contribution is 6.08. The van der Waals surface area contributed by atoms with Crippen LogP contribution >= 0.6 is 0 Å². The molecule has 1 aliphatic rings. The quantitative estimate of drug-likeness (QED) is 0.256. The van der Waals surface area contributed by atoms with Crippen LogP contribution in [0.25, 0.3) is 0 Å². The molecule has 2 aromatic carbocycles. The Morgan fingerprint density at radius 2 is 1.75 bits per heavy atom. The first-order valence-corrected chi connectivity index (χ1v) is 10.3. The number of carbonyl (C=O) groups is 3. The summed E-state index contributed by atoms with van der Waals surface area (Å²) in [7, 11) is 2.96. The molecule has 0 radical (unpaired) electrons. The third-order valence-corrected chi connectivity index (χ3v) is 5.30. The maximum Gasteiger partial charge on any atom is 0.319 e. The van der Waals surface area contributed by atoms with Gasteiger partial charge in [0.2, 0.25) is 11.8 Å². The van der Waals surface area contributed by atoms with Crippen LogP contribution in [0.2, 0.25) is 0 Å². The molecule has 32 heavy (non-hydrogen) atoms. The van der Waals surface area contributed by atoms with Crippen LogP contribution in [-0.2, 0) is 30.4 Å². The van der Waals surface area contributed by atoms with Crippen molar-refractivity contribution in [2.45, 2.75) is 25.8 Å². The van der Waals surface area contributed by atoms with Crippen molar-refractivity contribution in [2.24, 2.45) is 5.92 Å². The van der Waals surface area contributed by atoms with E-state index in [4.69, 9.17) is 18.9 Å². The molecule has 8 nitrogen and oxygen atoms in total. The van der Waals surface area contributed by atoms with E-state index < -0.39 is 23.7 Å². The van der Waals surface area contributed by atoms with Gasteiger partial charge in [-0.05, 0) is 24.6 Å². The van der Waals surface area contributed by atoms with Crippen LogP contribution in [0.15, 0.2) is 48.5 Å². The average Bonchev–Trinajstić information content (AvgIpc) is 2.80. The number of imide groups is 1. The van der Waals surface area contributed by atoms with Gasteiger partial charge in [-0.25, -0.2) is 0 Å². The van der Waals surface area contributed by atoms with E-state index in [0.29, 0.717) is 17.1 Å². The fraction of sp³-hybridized carbons (Fsp3) is 0.375. The standard InChI is InChI=1S/C24H27NO7/c1-4-31-24(28)22-17(21-18(30-3)11-8-12-19(21)32-15-29-2)13-20(26)25(23(22)27)14-16-9-6-5-7-10-16/h5-12,17,22H,4,13-15H2,1-3H3. The summed E-state index contributed by atoms with van der Waals surface area (Å²) in [4.78, 5) is 40.6. The van der Waals surface area contributed by atoms with Crippen LogP contribution in [0.4, 0.5) is 0 Å². The van der Waals surface area contributed by atoms with Gasteiger partial charge in [-0.15, -0.1) is 0 Å². The van der Waals surface area contributed by atoms with Crippen LogP contribution in [0, 0.1) is 5.92 Å². The zero-order chi connectivity index (χ0) is 23.1. The number of amides is 2. The largest absolute Gasteiger partial charge is 0.496 e. The second-order valence-electron chi connectivity index (χ2n) is 7.27. The molecule has 1 fully saturated rings. The van der Waals surface area contributed by atoms with Crippen molar-refractivity contribution in [3.63, 3.8) is 0 Å². The van der Waals surface area contributed by atoms with E-state index in [0.717, 1.165) is 10.5 Å². The third kappa shape index (κ3) is 4.91. The summed E-state index contributed by atoms with van der Waals surface area (Å²) in [5, 5.41) is 0. The smallest absolute Gasteiger partial charge is 0.319 e. The molecular formula is C24H27NO7. The molecule has 170 valence electrons. The van der Waals surface area contributed by atoms with Crippen molar-refractivity contribution in [1.29, 1.82) is 0 Å². The molecule has 2 amide bonds. The van der Waals surface area contributed by atoms with E-state index in [-0.39, 0.29) is 32.3 Å². The molecule has 8 heteroatoms. The summed E-state index contributed by atoms with van der Waals surface area (Å²) in [5.74, 6) is -2.89. The van der Waals surface area contributed by atoms with Gasteiger partial charge in [0, 0.05) is 25.0 Å². The molecule has 2 unspecified atom stereocenters. The van der Waals surface area contributed by atoms with E-state index in [9.17, 15) is 14.4 Å². The van der Waals surface area contributed by atoms with E-state index in [1.807, 2.05) is 30.3 Å². The normalized spacial score (nSPS) is 18.4. The van der Waals surface area contributed by atoms with Gasteiger partial charge in [0.05, 0.1) is 20.3 Å². The topological polar surface area (TPSA) is 91.4 Å². The summed E-state index contributed by atoms with van der Waals surface area (Å²) in [6, 6.07) is 14.3. The minimum atomic E-state index is -1.21. The summed E-state index contributed by atoms with van der Waals surface area (Å²) in [5.41, 5.74) is 1.25. The van der Waals surface area contributed by atoms with Gasteiger partial charge in [-0.3, -0.25) is 19.3 Å². The third-order valence-electron chi connectivity index (χ3n) is 5.30. The Morgan fingerprint density at radius 1 is 1.03 bits per heavy atom. The first-order valence-electron chi connectivity index (χ1n) is 10.3. The number of benzene rings is 2. The fourth-order valence-electron chi connectivity index (χ4n) is 3.89. The van der Waals surface area contributed by atoms with Crippen molar-refractivity contribution in [2.75, 3.05) is 27.6 Å². The predicted molar refractivity (Wildman–Crippen MR) is 115 cm³/mol. The Labute approximate surface area is 187 Å². The molecular weight excluding hydrogens is 414 g/mol. The number of nitrogens with zero attached hydrogens (tertiary/aromatic N) is 1. The Kier molecular flexibility index (Phi) is 7.83. The number of esters is 1. The number of ether oxygens (including phenoxy) is 4. The molecule has 3 rings (SSSR count). The zero-order valence-corrected chi connectivity index (χ0v) is 18.4. The summed E-state index contributed by atoms with van der Waals surface area (Å²) in [6.45, 7) is 1.82. The van der Waals surface area contributed by atoms with Crippen molar-refractivity contribution in [3.8, 4) is 11.5 Å². The average molecular weight is 441 g/mol. The van der Waals surface area contributed by atoms with Crippen molar-refractivity contribution >= 4 is 17.8 Å². The number of carbonyl (C=O) groups excluding carboxylic acids is 3. The summed E-state index contributed by atoms with van der Waals surface area (Å²) in [6.07, 6.45) is -0.0776. The number of hydrogen-bond acceptors (Lipinski definition) is 7. The van der Waals surface area contributed by atoms with Gasteiger partial charge in [-0.1, -0.05) is 36.4 Å². The van der Waals surface area contributed by atoms with Gasteiger partial charge in [0.15, 0.2) is 6.79 Å². The summed E-state index contributed by atoms with van der Waals surface area (Å²) >= 11 is 0. The van der Waals surface area contributed by atoms with Crippen LogP contribution in [0.3, 0.4) is 0 Å². The van der Waals surface area contributed by atoms with E-state index in [2.05, 4.69) is 0 Å². The Hall–Kier alpha value is -3.39. The predicted octanol–water partition coefficient (Wildman–Crippen LogP) is 2.90. The zero-order valence-electron chi connectivity index (χ0n) is 18.4. The van der Waals surface area contributed by atoms with Crippen LogP contribution < -0.4 is 9.47 Å². The van der Waals surface area contributed by atoms with Crippen molar-refractivity contribution in [1.82, 2.24) is 4.90 Å². The Morgan fingerprint density at radius 3 is 2.41 bits per heavy atom. The number of likely N-dealkylation sites (tertiary alicyclic amines) is 1. The molecule has 0 aliphatic carbocycles. The second-order valence-corrected chi connectivity index (χ2v) is 7.27. The van der Waals surface area contributed by atoms with Crippen molar-refractivity contribution < 1.29 is 33.3 Å². The molecule has 1 aliphatic heterocycles. The Bertz CT molecular complexity index is 960. The van der Waals surface area contributed by atoms with E-state index >= 15 is 0 Å². The lowest BCUT2D eigenvalue weighted by Crippen LogP contribution is -2.51. The lowest BCUT2D eigenvalue weighted by molar-refractivity contribution is -0.163. The number of rotatable bonds is 9. The SMILES string of the molecule is CCOC(=O)C1C(=O)N(Cc2ccccc2)C(=O)CC1c1c(OC)cccc1OCOC. The second kappa shape index (κ2) is 10.8. The molecule has 0 N–H and O–H groups in total. The minimum absolute atomic E-state index is 0.0427. The molecule has 1 heterocycles. The molecule has 0 spiro atoms. The molecule has 2 atom stereocenters. The van der Waals surface area contributed by atoms with Gasteiger partial charge in [0.1, 0.15) is 17.4 Å². The maximum absolute atomic E-state index is 13.5. The van der Waals surface area contributed by atoms with Gasteiger partial charge < -0.3 is 18.9 Å². The van der Waals surface area contributed by atoms with Gasteiger partial charge in [-0.2, -0.15) is 0 Å². The van der Waals surface area contributed by atoms with Crippen molar-refractivity contribution in [3.05, 3.63) is 59.7 Å². The number of methoxy groups -OCH3 is 2. The molecule has 2 aromatic rings. The molecule has 0 saturated carbocycles. The van der Waals surface area contributed by atoms with Crippen LogP contribution in [0.5, 0.6) is 11.5 Å². The minimum Gasteiger partial charge on any atom is -0.496 e. The lowest BCUT2D eigenvalue weighted by atomic mass is 9.78. The molecule has 0 bridgehead atoms. The molecule has 1 saturated heterocycles. The Balaban J connectivity index is 2.03. The first-order chi connectivity index (χ1) is 15.5. The number of hydrogen-bond donors (Lipinski definition) is 0. The van der Waals surface area contributed by atoms with Gasteiger partial charge in [0.25, 0.3) is 0 Å². The highest BCUT2D eigenvalue weighted by Crippen LogP contribution is 2.44. The number of piperidine rings is 1. The van der Waals surface area contributed by atoms with E-state index in [1.165, 1.54) is 14.2 Å². The summed E-state index contributed by atoms with van der Waals surface area (Å²) < 4.78 is 21.4. The van der Waals surface area contributed by atoms with Crippen LogP contribution in [0.1, 0.15) is 30.4 Å². The first kappa shape index (κ1) is 23.3. The van der Waals surface area contributed by atoms with Gasteiger partial charge >= 0.3 is 5.97 Å². The lowest BCUT2D eigenvalue weighted by Gasteiger charge is -2.36. The highest BCUT2D eigenvalue weighted by atomic mass is 16.7.